The molecule has 1 aliphatic carbocycles. The maximum atomic E-state index is 12.5. The van der Waals surface area contributed by atoms with Crippen LogP contribution in [0, 0.1) is 0 Å². The van der Waals surface area contributed by atoms with E-state index < -0.39 is 0 Å². The maximum absolute atomic E-state index is 12.5. The Morgan fingerprint density at radius 2 is 2.00 bits per heavy atom. The van der Waals surface area contributed by atoms with Crippen LogP contribution in [-0.4, -0.2) is 9.97 Å². The monoisotopic (exact) mass is 322 g/mol. The number of rotatable bonds is 3. The minimum absolute atomic E-state index is 0.0255. The number of H-pyrrole nitrogens is 1. The predicted molar refractivity (Wildman–Crippen MR) is 96.1 cm³/mol. The van der Waals surface area contributed by atoms with Crippen molar-refractivity contribution in [1.29, 1.82) is 0 Å². The summed E-state index contributed by atoms with van der Waals surface area (Å²) in [7, 11) is 0. The molecule has 0 amide bonds. The predicted octanol–water partition coefficient (Wildman–Crippen LogP) is 4.12. The quantitative estimate of drug-likeness (QED) is 0.788. The molecule has 2 heterocycles. The van der Waals surface area contributed by atoms with Crippen LogP contribution in [-0.2, 0) is 19.3 Å². The van der Waals surface area contributed by atoms with Gasteiger partial charge in [0, 0.05) is 11.3 Å². The van der Waals surface area contributed by atoms with Crippen molar-refractivity contribution in [2.24, 2.45) is 0 Å². The molecule has 0 aliphatic heterocycles. The van der Waals surface area contributed by atoms with Crippen molar-refractivity contribution >= 4 is 27.6 Å². The van der Waals surface area contributed by atoms with Crippen molar-refractivity contribution in [2.75, 3.05) is 0 Å². The first-order chi connectivity index (χ1) is 11.3. The average Bonchev–Trinajstić information content (AvgIpc) is 2.94. The van der Waals surface area contributed by atoms with Gasteiger partial charge in [-0.1, -0.05) is 42.5 Å². The van der Waals surface area contributed by atoms with Gasteiger partial charge in [0.05, 0.1) is 5.39 Å². The van der Waals surface area contributed by atoms with Crippen LogP contribution in [0.15, 0.2) is 41.2 Å². The summed E-state index contributed by atoms with van der Waals surface area (Å²) >= 11 is 1.70. The first-order valence-electron chi connectivity index (χ1n) is 8.06. The molecule has 0 radical (unpaired) electrons. The second-order valence-corrected chi connectivity index (χ2v) is 7.00. The molecule has 3 aromatic rings. The number of thiophene rings is 1. The Kier molecular flexibility index (Phi) is 3.83. The number of fused-ring (bicyclic) bond motifs is 3. The molecule has 1 aliphatic rings. The fourth-order valence-corrected chi connectivity index (χ4v) is 4.46. The number of nitrogens with zero attached hydrogens (tertiary/aromatic N) is 1. The van der Waals surface area contributed by atoms with E-state index in [4.69, 9.17) is 0 Å². The number of nitrogens with one attached hydrogen (secondary N) is 1. The van der Waals surface area contributed by atoms with E-state index in [0.29, 0.717) is 6.42 Å². The lowest BCUT2D eigenvalue weighted by molar-refractivity contribution is 0.700. The summed E-state index contributed by atoms with van der Waals surface area (Å²) in [6.07, 6.45) is 9.27. The van der Waals surface area contributed by atoms with Crippen molar-refractivity contribution in [3.63, 3.8) is 0 Å². The summed E-state index contributed by atoms with van der Waals surface area (Å²) in [5.74, 6) is 0.744. The molecule has 3 nitrogen and oxygen atoms in total. The largest absolute Gasteiger partial charge is 0.310 e. The van der Waals surface area contributed by atoms with Crippen LogP contribution in [0.4, 0.5) is 0 Å². The summed E-state index contributed by atoms with van der Waals surface area (Å²) < 4.78 is 0. The van der Waals surface area contributed by atoms with Crippen molar-refractivity contribution in [2.45, 2.75) is 32.1 Å². The van der Waals surface area contributed by atoms with E-state index in [1.807, 2.05) is 24.3 Å². The minimum Gasteiger partial charge on any atom is -0.310 e. The molecule has 0 bridgehead atoms. The number of hydrogen-bond acceptors (Lipinski definition) is 3. The fourth-order valence-electron chi connectivity index (χ4n) is 3.18. The highest BCUT2D eigenvalue weighted by Gasteiger charge is 2.19. The van der Waals surface area contributed by atoms with Crippen LogP contribution >= 0.6 is 11.3 Å². The molecule has 0 saturated heterocycles. The third kappa shape index (κ3) is 2.86. The van der Waals surface area contributed by atoms with E-state index in [1.165, 1.54) is 23.3 Å². The molecule has 23 heavy (non-hydrogen) atoms. The van der Waals surface area contributed by atoms with Gasteiger partial charge in [-0.3, -0.25) is 4.79 Å². The smallest absolute Gasteiger partial charge is 0.259 e. The SMILES string of the molecule is O=c1[nH]c(C/C=C/c2ccccc2)nc2sc3c(c12)CCCC3. The average molecular weight is 322 g/mol. The van der Waals surface area contributed by atoms with E-state index in [2.05, 4.69) is 28.2 Å². The lowest BCUT2D eigenvalue weighted by Gasteiger charge is -2.09. The van der Waals surface area contributed by atoms with Crippen LogP contribution in [0.5, 0.6) is 0 Å². The van der Waals surface area contributed by atoms with Gasteiger partial charge in [0.25, 0.3) is 5.56 Å². The maximum Gasteiger partial charge on any atom is 0.259 e. The molecule has 0 unspecified atom stereocenters. The first-order valence-corrected chi connectivity index (χ1v) is 8.88. The fraction of sp³-hybridized carbons (Fsp3) is 0.263. The van der Waals surface area contributed by atoms with Gasteiger partial charge in [-0.05, 0) is 36.8 Å². The lowest BCUT2D eigenvalue weighted by Crippen LogP contribution is -2.12. The van der Waals surface area contributed by atoms with Crippen LogP contribution in [0.1, 0.15) is 34.7 Å². The highest BCUT2D eigenvalue weighted by Crippen LogP contribution is 2.33. The molecule has 4 rings (SSSR count). The Bertz CT molecular complexity index is 922. The summed E-state index contributed by atoms with van der Waals surface area (Å²) in [5, 5.41) is 0.834. The molecular weight excluding hydrogens is 304 g/mol. The van der Waals surface area contributed by atoms with Crippen molar-refractivity contribution in [1.82, 2.24) is 9.97 Å². The number of aromatic amines is 1. The topological polar surface area (TPSA) is 45.8 Å². The van der Waals surface area contributed by atoms with Crippen LogP contribution in [0.3, 0.4) is 0 Å². The normalized spacial score (nSPS) is 14.4. The molecule has 1 N–H and O–H groups in total. The van der Waals surface area contributed by atoms with E-state index >= 15 is 0 Å². The Hall–Kier alpha value is -2.20. The van der Waals surface area contributed by atoms with Gasteiger partial charge in [-0.25, -0.2) is 4.98 Å². The molecule has 0 spiro atoms. The highest BCUT2D eigenvalue weighted by molar-refractivity contribution is 7.18. The number of aromatic nitrogens is 2. The van der Waals surface area contributed by atoms with E-state index in [0.717, 1.165) is 34.4 Å². The van der Waals surface area contributed by atoms with Gasteiger partial charge in [0.2, 0.25) is 0 Å². The Labute approximate surface area is 138 Å². The molecule has 0 fully saturated rings. The Morgan fingerprint density at radius 3 is 2.87 bits per heavy atom. The lowest BCUT2D eigenvalue weighted by atomic mass is 9.97. The van der Waals surface area contributed by atoms with Crippen LogP contribution < -0.4 is 5.56 Å². The van der Waals surface area contributed by atoms with E-state index in [9.17, 15) is 4.79 Å². The van der Waals surface area contributed by atoms with Crippen molar-refractivity contribution in [3.05, 3.63) is 68.6 Å². The number of allylic oxidation sites excluding steroid dienone is 1. The number of benzene rings is 1. The standard InChI is InChI=1S/C19H18N2OS/c22-18-17-14-10-4-5-11-15(14)23-19(17)21-16(20-18)12-6-9-13-7-2-1-3-8-13/h1-3,6-9H,4-5,10-12H2,(H,20,21,22)/b9-6+. The van der Waals surface area contributed by atoms with Crippen molar-refractivity contribution in [3.8, 4) is 0 Å². The molecule has 116 valence electrons. The second kappa shape index (κ2) is 6.13. The van der Waals surface area contributed by atoms with Gasteiger partial charge in [0.1, 0.15) is 10.7 Å². The molecule has 4 heteroatoms. The van der Waals surface area contributed by atoms with E-state index in [1.54, 1.807) is 11.3 Å². The minimum atomic E-state index is 0.0255. The van der Waals surface area contributed by atoms with E-state index in [-0.39, 0.29) is 5.56 Å². The van der Waals surface area contributed by atoms with Crippen molar-refractivity contribution < 1.29 is 0 Å². The molecular formula is C19H18N2OS. The Balaban J connectivity index is 1.64. The number of aryl methyl sites for hydroxylation is 2. The Morgan fingerprint density at radius 1 is 1.17 bits per heavy atom. The third-order valence-corrected chi connectivity index (χ3v) is 5.48. The molecule has 2 aromatic heterocycles. The highest BCUT2D eigenvalue weighted by atomic mass is 32.1. The molecule has 1 aromatic carbocycles. The van der Waals surface area contributed by atoms with Gasteiger partial charge < -0.3 is 4.98 Å². The zero-order valence-corrected chi connectivity index (χ0v) is 13.7. The summed E-state index contributed by atoms with van der Waals surface area (Å²) in [5.41, 5.74) is 2.43. The zero-order valence-electron chi connectivity index (χ0n) is 12.8. The summed E-state index contributed by atoms with van der Waals surface area (Å²) in [6, 6.07) is 10.2. The zero-order chi connectivity index (χ0) is 15.6. The second-order valence-electron chi connectivity index (χ2n) is 5.92. The third-order valence-electron chi connectivity index (χ3n) is 4.30. The first kappa shape index (κ1) is 14.4. The molecule has 0 atom stereocenters. The summed E-state index contributed by atoms with van der Waals surface area (Å²) in [6.45, 7) is 0. The number of hydrogen-bond donors (Lipinski definition) is 1. The van der Waals surface area contributed by atoms with Crippen LogP contribution in [0.25, 0.3) is 16.3 Å². The van der Waals surface area contributed by atoms with Gasteiger partial charge >= 0.3 is 0 Å². The van der Waals surface area contributed by atoms with Gasteiger partial charge in [-0.2, -0.15) is 0 Å². The van der Waals surface area contributed by atoms with Gasteiger partial charge in [0.15, 0.2) is 0 Å². The van der Waals surface area contributed by atoms with Gasteiger partial charge in [-0.15, -0.1) is 11.3 Å². The summed E-state index contributed by atoms with van der Waals surface area (Å²) in [4.78, 5) is 22.4. The van der Waals surface area contributed by atoms with Crippen LogP contribution in [0.2, 0.25) is 0 Å². The molecule has 0 saturated carbocycles.